The second kappa shape index (κ2) is 8.55. The molecule has 5 nitrogen and oxygen atoms in total. The fraction of sp³-hybridized carbons (Fsp3) is 0.208. The average Bonchev–Trinajstić information content (AvgIpc) is 2.73. The van der Waals surface area contributed by atoms with Crippen LogP contribution in [0.3, 0.4) is 0 Å². The van der Waals surface area contributed by atoms with E-state index in [-0.39, 0.29) is 12.2 Å². The average molecular weight is 404 g/mol. The summed E-state index contributed by atoms with van der Waals surface area (Å²) >= 11 is 0. The summed E-state index contributed by atoms with van der Waals surface area (Å²) < 4.78 is 18.8. The van der Waals surface area contributed by atoms with Crippen molar-refractivity contribution in [2.24, 2.45) is 0 Å². The number of hydrogen-bond acceptors (Lipinski definition) is 5. The van der Waals surface area contributed by atoms with Crippen molar-refractivity contribution in [2.75, 3.05) is 0 Å². The molecule has 0 bridgehead atoms. The van der Waals surface area contributed by atoms with Gasteiger partial charge >= 0.3 is 5.97 Å². The number of cyclic esters (lactones) is 1. The molecule has 0 amide bonds. The van der Waals surface area contributed by atoms with E-state index in [1.807, 2.05) is 37.3 Å². The fourth-order valence-corrected chi connectivity index (χ4v) is 3.46. The first-order valence-electron chi connectivity index (χ1n) is 9.75. The molecule has 2 atom stereocenters. The van der Waals surface area contributed by atoms with E-state index in [0.717, 1.165) is 22.4 Å². The molecule has 1 aromatic heterocycles. The van der Waals surface area contributed by atoms with Gasteiger partial charge in [-0.15, -0.1) is 0 Å². The van der Waals surface area contributed by atoms with Gasteiger partial charge in [0.05, 0.1) is 18.2 Å². The Morgan fingerprint density at radius 3 is 2.50 bits per heavy atom. The molecule has 1 aliphatic heterocycles. The summed E-state index contributed by atoms with van der Waals surface area (Å²) in [5.74, 6) is -0.174. The van der Waals surface area contributed by atoms with E-state index in [1.54, 1.807) is 24.3 Å². The monoisotopic (exact) mass is 404 g/mol. The number of benzene rings is 2. The van der Waals surface area contributed by atoms with E-state index in [2.05, 4.69) is 4.98 Å². The van der Waals surface area contributed by atoms with Crippen molar-refractivity contribution < 1.29 is 19.0 Å². The van der Waals surface area contributed by atoms with Crippen LogP contribution in [-0.4, -0.2) is 33.3 Å². The number of carbonyl (C=O) groups is 1. The van der Waals surface area contributed by atoms with Gasteiger partial charge in [-0.2, -0.15) is 0 Å². The van der Waals surface area contributed by atoms with Gasteiger partial charge in [-0.3, -0.25) is 4.79 Å². The van der Waals surface area contributed by atoms with Crippen molar-refractivity contribution in [3.63, 3.8) is 0 Å². The van der Waals surface area contributed by atoms with Gasteiger partial charge in [0.25, 0.3) is 0 Å². The predicted molar refractivity (Wildman–Crippen MR) is 112 cm³/mol. The van der Waals surface area contributed by atoms with Gasteiger partial charge in [0.2, 0.25) is 0 Å². The normalized spacial score (nSPS) is 19.1. The summed E-state index contributed by atoms with van der Waals surface area (Å²) in [5, 5.41) is 9.83. The molecule has 1 N–H and O–H groups in total. The second-order valence-electron chi connectivity index (χ2n) is 7.25. The summed E-state index contributed by atoms with van der Waals surface area (Å²) in [6, 6.07) is 15.8. The SMILES string of the molecule is Cc1nc(-c2ccccc2)nc(-c2ccc(F)cc2)c1C=C[C@H]1C[C@H](O)CC(=O)O1. The molecular weight excluding hydrogens is 383 g/mol. The third-order valence-corrected chi connectivity index (χ3v) is 4.95. The number of halogens is 1. The van der Waals surface area contributed by atoms with Crippen LogP contribution in [0, 0.1) is 12.7 Å². The Labute approximate surface area is 173 Å². The zero-order chi connectivity index (χ0) is 21.1. The summed E-state index contributed by atoms with van der Waals surface area (Å²) in [6.45, 7) is 1.88. The Kier molecular flexibility index (Phi) is 5.68. The van der Waals surface area contributed by atoms with Crippen molar-refractivity contribution in [1.82, 2.24) is 9.97 Å². The summed E-state index contributed by atoms with van der Waals surface area (Å²) in [6.07, 6.45) is 2.67. The number of aromatic nitrogens is 2. The Morgan fingerprint density at radius 1 is 1.07 bits per heavy atom. The van der Waals surface area contributed by atoms with Crippen molar-refractivity contribution in [3.8, 4) is 22.6 Å². The smallest absolute Gasteiger partial charge is 0.309 e. The van der Waals surface area contributed by atoms with Crippen molar-refractivity contribution in [3.05, 3.63) is 77.7 Å². The van der Waals surface area contributed by atoms with E-state index in [9.17, 15) is 14.3 Å². The van der Waals surface area contributed by atoms with Crippen LogP contribution in [0.25, 0.3) is 28.7 Å². The highest BCUT2D eigenvalue weighted by atomic mass is 19.1. The van der Waals surface area contributed by atoms with Crippen molar-refractivity contribution >= 4 is 12.0 Å². The lowest BCUT2D eigenvalue weighted by Gasteiger charge is -2.23. The predicted octanol–water partition coefficient (Wildman–Crippen LogP) is 4.34. The number of rotatable bonds is 4. The van der Waals surface area contributed by atoms with Gasteiger partial charge in [0, 0.05) is 28.8 Å². The first kappa shape index (κ1) is 19.9. The third-order valence-electron chi connectivity index (χ3n) is 4.95. The first-order chi connectivity index (χ1) is 14.5. The Bertz CT molecular complexity index is 1080. The number of ether oxygens (including phenoxy) is 1. The molecule has 2 heterocycles. The summed E-state index contributed by atoms with van der Waals surface area (Å²) in [5.41, 5.74) is 3.77. The Morgan fingerprint density at radius 2 is 1.80 bits per heavy atom. The topological polar surface area (TPSA) is 72.3 Å². The lowest BCUT2D eigenvalue weighted by molar-refractivity contribution is -0.156. The summed E-state index contributed by atoms with van der Waals surface area (Å²) in [7, 11) is 0. The summed E-state index contributed by atoms with van der Waals surface area (Å²) in [4.78, 5) is 21.0. The van der Waals surface area contributed by atoms with Crippen LogP contribution in [-0.2, 0) is 9.53 Å². The van der Waals surface area contributed by atoms with Crippen molar-refractivity contribution in [1.29, 1.82) is 0 Å². The van der Waals surface area contributed by atoms with Gasteiger partial charge in [-0.25, -0.2) is 14.4 Å². The van der Waals surface area contributed by atoms with E-state index in [0.29, 0.717) is 17.9 Å². The minimum Gasteiger partial charge on any atom is -0.458 e. The molecule has 2 aromatic carbocycles. The highest BCUT2D eigenvalue weighted by Crippen LogP contribution is 2.29. The highest BCUT2D eigenvalue weighted by Gasteiger charge is 2.25. The van der Waals surface area contributed by atoms with Gasteiger partial charge in [0.1, 0.15) is 11.9 Å². The molecule has 3 aromatic rings. The van der Waals surface area contributed by atoms with E-state index in [4.69, 9.17) is 9.72 Å². The lowest BCUT2D eigenvalue weighted by Crippen LogP contribution is -2.31. The van der Waals surface area contributed by atoms with Crippen LogP contribution in [0.15, 0.2) is 60.7 Å². The molecule has 0 saturated carbocycles. The molecule has 0 aliphatic carbocycles. The van der Waals surface area contributed by atoms with Gasteiger partial charge in [-0.1, -0.05) is 36.4 Å². The Balaban J connectivity index is 1.77. The van der Waals surface area contributed by atoms with Crippen LogP contribution in [0.1, 0.15) is 24.1 Å². The molecular formula is C24H21FN2O3. The highest BCUT2D eigenvalue weighted by molar-refractivity contribution is 5.76. The number of hydrogen-bond donors (Lipinski definition) is 1. The van der Waals surface area contributed by atoms with E-state index in [1.165, 1.54) is 12.1 Å². The Hall–Kier alpha value is -3.38. The first-order valence-corrected chi connectivity index (χ1v) is 9.75. The minimum atomic E-state index is -0.713. The van der Waals surface area contributed by atoms with Gasteiger partial charge in [0.15, 0.2) is 5.82 Å². The number of nitrogens with zero attached hydrogens (tertiary/aromatic N) is 2. The molecule has 1 saturated heterocycles. The van der Waals surface area contributed by atoms with Gasteiger partial charge < -0.3 is 9.84 Å². The van der Waals surface area contributed by atoms with E-state index < -0.39 is 18.2 Å². The molecule has 1 aliphatic rings. The van der Waals surface area contributed by atoms with Crippen LogP contribution >= 0.6 is 0 Å². The van der Waals surface area contributed by atoms with Crippen LogP contribution in [0.4, 0.5) is 4.39 Å². The number of esters is 1. The quantitative estimate of drug-likeness (QED) is 0.655. The minimum absolute atomic E-state index is 0.0130. The number of aliphatic hydroxyl groups excluding tert-OH is 1. The molecule has 0 spiro atoms. The number of aryl methyl sites for hydroxylation is 1. The number of carbonyl (C=O) groups excluding carboxylic acids is 1. The third kappa shape index (κ3) is 4.44. The van der Waals surface area contributed by atoms with Crippen LogP contribution in [0.5, 0.6) is 0 Å². The van der Waals surface area contributed by atoms with Crippen LogP contribution in [0.2, 0.25) is 0 Å². The fourth-order valence-electron chi connectivity index (χ4n) is 3.46. The largest absolute Gasteiger partial charge is 0.458 e. The zero-order valence-corrected chi connectivity index (χ0v) is 16.5. The maximum Gasteiger partial charge on any atom is 0.309 e. The van der Waals surface area contributed by atoms with Crippen LogP contribution < -0.4 is 0 Å². The van der Waals surface area contributed by atoms with Crippen molar-refractivity contribution in [2.45, 2.75) is 32.0 Å². The van der Waals surface area contributed by atoms with Gasteiger partial charge in [-0.05, 0) is 37.3 Å². The number of aliphatic hydroxyl groups is 1. The molecule has 1 fully saturated rings. The second-order valence-corrected chi connectivity index (χ2v) is 7.25. The maximum absolute atomic E-state index is 13.5. The van der Waals surface area contributed by atoms with E-state index >= 15 is 0 Å². The maximum atomic E-state index is 13.5. The molecule has 0 unspecified atom stereocenters. The molecule has 4 rings (SSSR count). The lowest BCUT2D eigenvalue weighted by atomic mass is 10.0. The molecule has 152 valence electrons. The standard InChI is InChI=1S/C24H21FN2O3/c1-15-21(12-11-20-13-19(28)14-22(29)30-20)23(16-7-9-18(25)10-8-16)27-24(26-15)17-5-3-2-4-6-17/h2-12,19-20,28H,13-14H2,1H3/t19-,20-/m0/s1. The molecule has 30 heavy (non-hydrogen) atoms. The molecule has 0 radical (unpaired) electrons. The molecule has 6 heteroatoms. The zero-order valence-electron chi connectivity index (χ0n) is 16.5.